The van der Waals surface area contributed by atoms with Crippen LogP contribution in [-0.2, 0) is 16.1 Å². The second-order valence-electron chi connectivity index (χ2n) is 5.02. The number of aromatic nitrogens is 2. The van der Waals surface area contributed by atoms with Crippen LogP contribution in [-0.4, -0.2) is 29.6 Å². The van der Waals surface area contributed by atoms with E-state index >= 15 is 0 Å². The first kappa shape index (κ1) is 18.1. The summed E-state index contributed by atoms with van der Waals surface area (Å²) >= 11 is 11.3. The van der Waals surface area contributed by atoms with Crippen LogP contribution in [0.3, 0.4) is 0 Å². The normalized spacial score (nSPS) is 10.8. The summed E-state index contributed by atoms with van der Waals surface area (Å²) in [6, 6.07) is 7.54. The molecule has 25 heavy (non-hydrogen) atoms. The molecule has 0 saturated heterocycles. The summed E-state index contributed by atoms with van der Waals surface area (Å²) in [6.07, 6.45) is 1.72. The third kappa shape index (κ3) is 4.27. The number of nitrogens with zero attached hydrogens (tertiary/aromatic N) is 2. The lowest BCUT2D eigenvalue weighted by atomic mass is 10.3. The first-order valence-corrected chi connectivity index (χ1v) is 9.30. The molecule has 1 aromatic carbocycles. The fourth-order valence-electron chi connectivity index (χ4n) is 2.14. The number of hydrogen-bond acceptors (Lipinski definition) is 7. The van der Waals surface area contributed by atoms with E-state index in [1.54, 1.807) is 17.5 Å². The van der Waals surface area contributed by atoms with Crippen LogP contribution in [0.1, 0.15) is 5.01 Å². The third-order valence-electron chi connectivity index (χ3n) is 3.33. The molecule has 6 nitrogen and oxygen atoms in total. The Labute approximate surface area is 161 Å². The highest BCUT2D eigenvalue weighted by molar-refractivity contribution is 9.10. The molecular formula is C16H14BrClN4O2S. The Bertz CT molecular complexity index is 918. The molecule has 0 atom stereocenters. The molecule has 3 rings (SSSR count). The third-order valence-corrected chi connectivity index (χ3v) is 5.65. The molecule has 0 saturated carbocycles. The fourth-order valence-corrected chi connectivity index (χ4v) is 3.61. The van der Waals surface area contributed by atoms with Gasteiger partial charge in [-0.15, -0.1) is 11.3 Å². The van der Waals surface area contributed by atoms with Crippen molar-refractivity contribution in [1.29, 1.82) is 0 Å². The van der Waals surface area contributed by atoms with Gasteiger partial charge in [-0.05, 0) is 34.1 Å². The summed E-state index contributed by atoms with van der Waals surface area (Å²) in [5.41, 5.74) is 1.51. The second kappa shape index (κ2) is 8.09. The molecule has 9 heteroatoms. The number of carbonyl (C=O) groups is 1. The zero-order valence-corrected chi connectivity index (χ0v) is 16.3. The van der Waals surface area contributed by atoms with Gasteiger partial charge in [0.25, 0.3) is 0 Å². The van der Waals surface area contributed by atoms with Gasteiger partial charge in [0.1, 0.15) is 10.5 Å². The lowest BCUT2D eigenvalue weighted by molar-refractivity contribution is -0.139. The molecule has 0 aliphatic heterocycles. The van der Waals surface area contributed by atoms with E-state index in [0.29, 0.717) is 17.4 Å². The van der Waals surface area contributed by atoms with Crippen molar-refractivity contribution in [3.05, 3.63) is 45.0 Å². The monoisotopic (exact) mass is 440 g/mol. The van der Waals surface area contributed by atoms with Crippen LogP contribution in [0.5, 0.6) is 0 Å². The molecular weight excluding hydrogens is 428 g/mol. The van der Waals surface area contributed by atoms with Crippen LogP contribution in [0.15, 0.2) is 34.9 Å². The number of benzene rings is 1. The van der Waals surface area contributed by atoms with Gasteiger partial charge in [0.15, 0.2) is 5.82 Å². The van der Waals surface area contributed by atoms with Crippen molar-refractivity contribution >= 4 is 66.6 Å². The van der Waals surface area contributed by atoms with E-state index in [1.165, 1.54) is 7.11 Å². The van der Waals surface area contributed by atoms with Crippen LogP contribution in [0, 0.1) is 0 Å². The molecule has 0 unspecified atom stereocenters. The van der Waals surface area contributed by atoms with Crippen molar-refractivity contribution in [3.63, 3.8) is 0 Å². The minimum Gasteiger partial charge on any atom is -0.468 e. The molecule has 2 aromatic heterocycles. The van der Waals surface area contributed by atoms with Gasteiger partial charge < -0.3 is 15.4 Å². The predicted octanol–water partition coefficient (Wildman–Crippen LogP) is 4.11. The molecule has 0 fully saturated rings. The standard InChI is InChI=1S/C16H14BrClN4O2S/c1-24-13(23)8-19-7-12-22-15-11(25-12)5-6-20-16(15)21-10-4-2-3-9(17)14(10)18/h2-6,19H,7-8H2,1H3,(H,20,21). The molecule has 0 amide bonds. The smallest absolute Gasteiger partial charge is 0.319 e. The van der Waals surface area contributed by atoms with Gasteiger partial charge in [-0.3, -0.25) is 4.79 Å². The number of anilines is 2. The summed E-state index contributed by atoms with van der Waals surface area (Å²) < 4.78 is 6.40. The molecule has 2 N–H and O–H groups in total. The van der Waals surface area contributed by atoms with E-state index in [-0.39, 0.29) is 12.5 Å². The van der Waals surface area contributed by atoms with E-state index < -0.39 is 0 Å². The molecule has 0 aliphatic carbocycles. The van der Waals surface area contributed by atoms with E-state index in [9.17, 15) is 4.79 Å². The zero-order valence-electron chi connectivity index (χ0n) is 13.2. The Hall–Kier alpha value is -1.74. The number of carbonyl (C=O) groups excluding carboxylic acids is 1. The van der Waals surface area contributed by atoms with Crippen molar-refractivity contribution in [2.24, 2.45) is 0 Å². The summed E-state index contributed by atoms with van der Waals surface area (Å²) in [4.78, 5) is 20.1. The van der Waals surface area contributed by atoms with Crippen molar-refractivity contribution < 1.29 is 9.53 Å². The first-order chi connectivity index (χ1) is 12.1. The SMILES string of the molecule is COC(=O)CNCc1nc2c(Nc3cccc(Br)c3Cl)nccc2s1. The van der Waals surface area contributed by atoms with Crippen LogP contribution in [0.4, 0.5) is 11.5 Å². The highest BCUT2D eigenvalue weighted by atomic mass is 79.9. The summed E-state index contributed by atoms with van der Waals surface area (Å²) in [5, 5.41) is 7.67. The van der Waals surface area contributed by atoms with Crippen molar-refractivity contribution in [2.45, 2.75) is 6.54 Å². The lowest BCUT2D eigenvalue weighted by Crippen LogP contribution is -2.23. The Morgan fingerprint density at radius 1 is 1.40 bits per heavy atom. The Balaban J connectivity index is 1.82. The molecule has 0 radical (unpaired) electrons. The Morgan fingerprint density at radius 3 is 3.04 bits per heavy atom. The maximum atomic E-state index is 11.2. The summed E-state index contributed by atoms with van der Waals surface area (Å²) in [6.45, 7) is 0.620. The number of ether oxygens (including phenoxy) is 1. The van der Waals surface area contributed by atoms with E-state index in [1.807, 2.05) is 24.3 Å². The summed E-state index contributed by atoms with van der Waals surface area (Å²) in [5.74, 6) is 0.322. The van der Waals surface area contributed by atoms with Gasteiger partial charge in [-0.1, -0.05) is 17.7 Å². The van der Waals surface area contributed by atoms with Crippen molar-refractivity contribution in [1.82, 2.24) is 15.3 Å². The molecule has 0 spiro atoms. The van der Waals surface area contributed by atoms with Gasteiger partial charge in [-0.2, -0.15) is 0 Å². The number of nitrogens with one attached hydrogen (secondary N) is 2. The Morgan fingerprint density at radius 2 is 2.24 bits per heavy atom. The predicted molar refractivity (Wildman–Crippen MR) is 104 cm³/mol. The average Bonchev–Trinajstić information content (AvgIpc) is 3.02. The zero-order chi connectivity index (χ0) is 17.8. The van der Waals surface area contributed by atoms with Crippen LogP contribution < -0.4 is 10.6 Å². The molecule has 2 heterocycles. The van der Waals surface area contributed by atoms with Crippen LogP contribution in [0.25, 0.3) is 10.2 Å². The van der Waals surface area contributed by atoms with Crippen molar-refractivity contribution in [2.75, 3.05) is 19.0 Å². The topological polar surface area (TPSA) is 76.1 Å². The van der Waals surface area contributed by atoms with Gasteiger partial charge >= 0.3 is 5.97 Å². The highest BCUT2D eigenvalue weighted by Crippen LogP contribution is 2.34. The summed E-state index contributed by atoms with van der Waals surface area (Å²) in [7, 11) is 1.36. The van der Waals surface area contributed by atoms with Gasteiger partial charge in [0, 0.05) is 17.2 Å². The average molecular weight is 442 g/mol. The van der Waals surface area contributed by atoms with Gasteiger partial charge in [-0.25, -0.2) is 9.97 Å². The van der Waals surface area contributed by atoms with Crippen LogP contribution in [0.2, 0.25) is 5.02 Å². The van der Waals surface area contributed by atoms with Crippen molar-refractivity contribution in [3.8, 4) is 0 Å². The molecule has 3 aromatic rings. The second-order valence-corrected chi connectivity index (χ2v) is 7.37. The molecule has 0 aliphatic rings. The maximum absolute atomic E-state index is 11.2. The number of pyridine rings is 1. The van der Waals surface area contributed by atoms with E-state index in [4.69, 9.17) is 11.6 Å². The number of methoxy groups -OCH3 is 1. The minimum absolute atomic E-state index is 0.142. The minimum atomic E-state index is -0.311. The number of fused-ring (bicyclic) bond motifs is 1. The Kier molecular flexibility index (Phi) is 5.85. The number of thiazole rings is 1. The lowest BCUT2D eigenvalue weighted by Gasteiger charge is -2.08. The number of rotatable bonds is 6. The molecule has 130 valence electrons. The largest absolute Gasteiger partial charge is 0.468 e. The van der Waals surface area contributed by atoms with Gasteiger partial charge in [0.2, 0.25) is 0 Å². The van der Waals surface area contributed by atoms with E-state index in [2.05, 4.69) is 41.3 Å². The van der Waals surface area contributed by atoms with Gasteiger partial charge in [0.05, 0.1) is 29.1 Å². The quantitative estimate of drug-likeness (QED) is 0.561. The van der Waals surface area contributed by atoms with E-state index in [0.717, 1.165) is 25.4 Å². The molecule has 0 bridgehead atoms. The number of halogens is 2. The first-order valence-electron chi connectivity index (χ1n) is 7.31. The number of esters is 1. The maximum Gasteiger partial charge on any atom is 0.319 e. The highest BCUT2D eigenvalue weighted by Gasteiger charge is 2.12. The number of hydrogen-bond donors (Lipinski definition) is 2. The van der Waals surface area contributed by atoms with Crippen LogP contribution >= 0.6 is 38.9 Å². The fraction of sp³-hybridized carbons (Fsp3) is 0.188.